The molecule has 1 aliphatic rings. The molecule has 0 aliphatic carbocycles. The van der Waals surface area contributed by atoms with Gasteiger partial charge in [-0.25, -0.2) is 9.59 Å². The highest BCUT2D eigenvalue weighted by Gasteiger charge is 2.33. The maximum Gasteiger partial charge on any atom is 0.337 e. The third-order valence-electron chi connectivity index (χ3n) is 3.97. The van der Waals surface area contributed by atoms with E-state index in [0.29, 0.717) is 0 Å². The molecule has 2 amide bonds. The quantitative estimate of drug-likeness (QED) is 0.747. The first-order valence-electron chi connectivity index (χ1n) is 7.09. The number of carbonyl (C=O) groups excluding carboxylic acids is 1. The van der Waals surface area contributed by atoms with Gasteiger partial charge in [0.2, 0.25) is 0 Å². The molecule has 0 saturated carbocycles. The number of urea groups is 1. The predicted octanol–water partition coefficient (Wildman–Crippen LogP) is 2.89. The molecule has 21 heavy (non-hydrogen) atoms. The molecule has 0 spiro atoms. The standard InChI is InChI=1S/C15H20N2O4/c1-3-10-5-4-9(2)17(10)15(21)16-13-7-6-11(18)8-12(13)14(19)20/h6-10,18H,3-5H2,1-2H3,(H,16,21)(H,19,20). The first kappa shape index (κ1) is 15.2. The molecule has 1 saturated heterocycles. The van der Waals surface area contributed by atoms with Crippen LogP contribution in [0.3, 0.4) is 0 Å². The number of likely N-dealkylation sites (tertiary alicyclic amines) is 1. The summed E-state index contributed by atoms with van der Waals surface area (Å²) in [6, 6.07) is 3.92. The van der Waals surface area contributed by atoms with E-state index in [4.69, 9.17) is 5.11 Å². The highest BCUT2D eigenvalue weighted by Crippen LogP contribution is 2.28. The molecule has 6 nitrogen and oxygen atoms in total. The number of hydrogen-bond acceptors (Lipinski definition) is 3. The Labute approximate surface area is 123 Å². The molecule has 0 radical (unpaired) electrons. The van der Waals surface area contributed by atoms with Gasteiger partial charge >= 0.3 is 12.0 Å². The molecule has 114 valence electrons. The van der Waals surface area contributed by atoms with E-state index in [1.165, 1.54) is 12.1 Å². The minimum absolute atomic E-state index is 0.122. The van der Waals surface area contributed by atoms with Crippen LogP contribution < -0.4 is 5.32 Å². The average Bonchev–Trinajstić information content (AvgIpc) is 2.81. The van der Waals surface area contributed by atoms with E-state index in [-0.39, 0.29) is 35.1 Å². The number of amides is 2. The molecule has 6 heteroatoms. The Morgan fingerprint density at radius 3 is 2.71 bits per heavy atom. The van der Waals surface area contributed by atoms with Gasteiger partial charge in [-0.05, 0) is 44.4 Å². The lowest BCUT2D eigenvalue weighted by Gasteiger charge is -2.28. The van der Waals surface area contributed by atoms with Crippen LogP contribution in [0.5, 0.6) is 5.75 Å². The van der Waals surface area contributed by atoms with Crippen LogP contribution in [-0.4, -0.2) is 39.2 Å². The van der Waals surface area contributed by atoms with Crippen LogP contribution in [0.2, 0.25) is 0 Å². The lowest BCUT2D eigenvalue weighted by molar-refractivity contribution is 0.0697. The average molecular weight is 292 g/mol. The Morgan fingerprint density at radius 2 is 2.10 bits per heavy atom. The molecule has 1 heterocycles. The summed E-state index contributed by atoms with van der Waals surface area (Å²) in [6.45, 7) is 4.02. The van der Waals surface area contributed by atoms with Gasteiger partial charge in [-0.15, -0.1) is 0 Å². The number of benzene rings is 1. The van der Waals surface area contributed by atoms with E-state index >= 15 is 0 Å². The Hall–Kier alpha value is -2.24. The Balaban J connectivity index is 2.22. The minimum Gasteiger partial charge on any atom is -0.508 e. The number of nitrogens with zero attached hydrogens (tertiary/aromatic N) is 1. The molecule has 1 fully saturated rings. The largest absolute Gasteiger partial charge is 0.508 e. The molecule has 1 aromatic carbocycles. The molecule has 0 aromatic heterocycles. The van der Waals surface area contributed by atoms with E-state index in [2.05, 4.69) is 5.32 Å². The fraction of sp³-hybridized carbons (Fsp3) is 0.467. The zero-order valence-corrected chi connectivity index (χ0v) is 12.2. The van der Waals surface area contributed by atoms with Crippen molar-refractivity contribution in [2.45, 2.75) is 45.2 Å². The monoisotopic (exact) mass is 292 g/mol. The number of aromatic hydroxyl groups is 1. The van der Waals surface area contributed by atoms with E-state index in [9.17, 15) is 14.7 Å². The summed E-state index contributed by atoms with van der Waals surface area (Å²) in [4.78, 5) is 25.4. The summed E-state index contributed by atoms with van der Waals surface area (Å²) < 4.78 is 0. The molecule has 0 bridgehead atoms. The Morgan fingerprint density at radius 1 is 1.38 bits per heavy atom. The summed E-state index contributed by atoms with van der Waals surface area (Å²) in [5.41, 5.74) is 0.0718. The van der Waals surface area contributed by atoms with E-state index in [1.807, 2.05) is 13.8 Å². The molecule has 2 unspecified atom stereocenters. The summed E-state index contributed by atoms with van der Waals surface area (Å²) in [5.74, 6) is -1.34. The molecule has 2 rings (SSSR count). The van der Waals surface area contributed by atoms with Gasteiger partial charge in [0.05, 0.1) is 11.3 Å². The molecule has 3 N–H and O–H groups in total. The van der Waals surface area contributed by atoms with Crippen molar-refractivity contribution in [3.63, 3.8) is 0 Å². The fourth-order valence-electron chi connectivity index (χ4n) is 2.84. The van der Waals surface area contributed by atoms with E-state index in [0.717, 1.165) is 25.3 Å². The van der Waals surface area contributed by atoms with Crippen LogP contribution in [0.4, 0.5) is 10.5 Å². The van der Waals surface area contributed by atoms with Crippen LogP contribution in [-0.2, 0) is 0 Å². The van der Waals surface area contributed by atoms with Crippen LogP contribution in [0.25, 0.3) is 0 Å². The summed E-state index contributed by atoms with van der Waals surface area (Å²) in [7, 11) is 0. The summed E-state index contributed by atoms with van der Waals surface area (Å²) in [5, 5.41) is 21.2. The molecule has 1 aliphatic heterocycles. The lowest BCUT2D eigenvalue weighted by atomic mass is 10.1. The molecule has 2 atom stereocenters. The third-order valence-corrected chi connectivity index (χ3v) is 3.97. The Kier molecular flexibility index (Phi) is 4.35. The zero-order chi connectivity index (χ0) is 15.6. The Bertz CT molecular complexity index is 559. The van der Waals surface area contributed by atoms with Gasteiger partial charge < -0.3 is 20.4 Å². The normalized spacial score (nSPS) is 21.3. The zero-order valence-electron chi connectivity index (χ0n) is 12.2. The van der Waals surface area contributed by atoms with Crippen molar-refractivity contribution in [1.82, 2.24) is 4.90 Å². The number of carboxylic acid groups (broad SMARTS) is 1. The first-order valence-corrected chi connectivity index (χ1v) is 7.09. The summed E-state index contributed by atoms with van der Waals surface area (Å²) in [6.07, 6.45) is 2.79. The van der Waals surface area contributed by atoms with E-state index < -0.39 is 5.97 Å². The smallest absolute Gasteiger partial charge is 0.337 e. The van der Waals surface area contributed by atoms with Gasteiger partial charge in [-0.3, -0.25) is 0 Å². The SMILES string of the molecule is CCC1CCC(C)N1C(=O)Nc1ccc(O)cc1C(=O)O. The fourth-order valence-corrected chi connectivity index (χ4v) is 2.84. The van der Waals surface area contributed by atoms with Crippen molar-refractivity contribution in [2.75, 3.05) is 5.32 Å². The van der Waals surface area contributed by atoms with Crippen molar-refractivity contribution in [1.29, 1.82) is 0 Å². The topological polar surface area (TPSA) is 89.9 Å². The minimum atomic E-state index is -1.19. The van der Waals surface area contributed by atoms with Gasteiger partial charge in [-0.2, -0.15) is 0 Å². The first-order chi connectivity index (χ1) is 9.93. The highest BCUT2D eigenvalue weighted by atomic mass is 16.4. The molecular weight excluding hydrogens is 272 g/mol. The highest BCUT2D eigenvalue weighted by molar-refractivity contribution is 6.00. The van der Waals surface area contributed by atoms with Crippen LogP contribution in [0.1, 0.15) is 43.5 Å². The van der Waals surface area contributed by atoms with Crippen LogP contribution >= 0.6 is 0 Å². The maximum atomic E-state index is 12.4. The van der Waals surface area contributed by atoms with Crippen LogP contribution in [0.15, 0.2) is 18.2 Å². The lowest BCUT2D eigenvalue weighted by Crippen LogP contribution is -2.42. The number of carbonyl (C=O) groups is 2. The second-order valence-electron chi connectivity index (χ2n) is 5.36. The van der Waals surface area contributed by atoms with Gasteiger partial charge in [0.25, 0.3) is 0 Å². The van der Waals surface area contributed by atoms with E-state index in [1.54, 1.807) is 4.90 Å². The number of rotatable bonds is 3. The second-order valence-corrected chi connectivity index (χ2v) is 5.36. The molecular formula is C15H20N2O4. The number of aromatic carboxylic acids is 1. The maximum absolute atomic E-state index is 12.4. The van der Waals surface area contributed by atoms with Crippen molar-refractivity contribution < 1.29 is 19.8 Å². The number of phenols is 1. The van der Waals surface area contributed by atoms with Gasteiger partial charge in [0.15, 0.2) is 0 Å². The van der Waals surface area contributed by atoms with Crippen molar-refractivity contribution in [3.05, 3.63) is 23.8 Å². The van der Waals surface area contributed by atoms with Crippen molar-refractivity contribution in [2.24, 2.45) is 0 Å². The van der Waals surface area contributed by atoms with Crippen molar-refractivity contribution >= 4 is 17.7 Å². The third kappa shape index (κ3) is 3.09. The van der Waals surface area contributed by atoms with Gasteiger partial charge in [0, 0.05) is 12.1 Å². The summed E-state index contributed by atoms with van der Waals surface area (Å²) >= 11 is 0. The van der Waals surface area contributed by atoms with Crippen molar-refractivity contribution in [3.8, 4) is 5.75 Å². The number of hydrogen-bond donors (Lipinski definition) is 3. The van der Waals surface area contributed by atoms with Gasteiger partial charge in [-0.1, -0.05) is 6.92 Å². The number of carboxylic acids is 1. The number of phenolic OH excluding ortho intramolecular Hbond substituents is 1. The predicted molar refractivity (Wildman–Crippen MR) is 78.7 cm³/mol. The number of nitrogens with one attached hydrogen (secondary N) is 1. The number of anilines is 1. The molecule has 1 aromatic rings. The van der Waals surface area contributed by atoms with Crippen LogP contribution in [0, 0.1) is 0 Å². The second kappa shape index (κ2) is 6.03. The van der Waals surface area contributed by atoms with Gasteiger partial charge in [0.1, 0.15) is 5.75 Å².